The third-order valence-corrected chi connectivity index (χ3v) is 2.96. The van der Waals surface area contributed by atoms with Crippen molar-refractivity contribution in [2.75, 3.05) is 0 Å². The van der Waals surface area contributed by atoms with Gasteiger partial charge in [-0.3, -0.25) is 0 Å². The average Bonchev–Trinajstić information content (AvgIpc) is 1.85. The van der Waals surface area contributed by atoms with Gasteiger partial charge in [-0.05, 0) is 11.8 Å². The summed E-state index contributed by atoms with van der Waals surface area (Å²) in [4.78, 5) is 0. The number of hydrogen-bond donors (Lipinski definition) is 0. The van der Waals surface area contributed by atoms with Gasteiger partial charge in [-0.1, -0.05) is 46.0 Å². The van der Waals surface area contributed by atoms with Gasteiger partial charge < -0.3 is 5.11 Å². The Morgan fingerprint density at radius 2 is 1.83 bits per heavy atom. The molecule has 0 unspecified atom stereocenters. The van der Waals surface area contributed by atoms with E-state index in [0.717, 1.165) is 12.8 Å². The van der Waals surface area contributed by atoms with Crippen LogP contribution in [-0.2, 0) is 0 Å². The van der Waals surface area contributed by atoms with Crippen molar-refractivity contribution in [1.29, 1.82) is 0 Å². The van der Waals surface area contributed by atoms with Crippen molar-refractivity contribution in [1.82, 2.24) is 0 Å². The normalized spacial score (nSPS) is 36.2. The van der Waals surface area contributed by atoms with Gasteiger partial charge in [0.25, 0.3) is 0 Å². The Balaban J connectivity index is 0.00000121. The molecular weight excluding hydrogens is 159 g/mol. The monoisotopic (exact) mass is 178 g/mol. The van der Waals surface area contributed by atoms with Gasteiger partial charge in [-0.2, -0.15) is 0 Å². The molecule has 0 saturated heterocycles. The van der Waals surface area contributed by atoms with Crippen LogP contribution in [0.4, 0.5) is 0 Å². The molecule has 0 amide bonds. The zero-order chi connectivity index (χ0) is 8.43. The molecule has 1 aliphatic carbocycles. The van der Waals surface area contributed by atoms with Gasteiger partial charge >= 0.3 is 29.6 Å². The largest absolute Gasteiger partial charge is 1.00 e. The van der Waals surface area contributed by atoms with Crippen molar-refractivity contribution >= 4 is 0 Å². The third-order valence-electron chi connectivity index (χ3n) is 2.96. The quantitative estimate of drug-likeness (QED) is 0.463. The minimum absolute atomic E-state index is 0. The first kappa shape index (κ1) is 13.0. The van der Waals surface area contributed by atoms with Crippen LogP contribution >= 0.6 is 0 Å². The summed E-state index contributed by atoms with van der Waals surface area (Å²) in [7, 11) is 0. The van der Waals surface area contributed by atoms with Crippen molar-refractivity contribution < 1.29 is 34.7 Å². The fourth-order valence-electron chi connectivity index (χ4n) is 2.11. The summed E-state index contributed by atoms with van der Waals surface area (Å²) in [5, 5.41) is 11.5. The first-order valence-corrected chi connectivity index (χ1v) is 4.77. The Bertz CT molecular complexity index is 125. The minimum Gasteiger partial charge on any atom is -0.852 e. The molecule has 1 aliphatic rings. The molecule has 0 aromatic heterocycles. The molecule has 1 rings (SSSR count). The van der Waals surface area contributed by atoms with Gasteiger partial charge in [0.2, 0.25) is 0 Å². The van der Waals surface area contributed by atoms with E-state index in [9.17, 15) is 5.11 Å². The second kappa shape index (κ2) is 5.64. The van der Waals surface area contributed by atoms with Crippen molar-refractivity contribution in [2.45, 2.75) is 46.1 Å². The molecule has 3 atom stereocenters. The molecule has 0 aromatic rings. The Morgan fingerprint density at radius 1 is 1.25 bits per heavy atom. The molecular formula is C10H19NaO. The molecule has 1 saturated carbocycles. The van der Waals surface area contributed by atoms with E-state index in [2.05, 4.69) is 20.8 Å². The summed E-state index contributed by atoms with van der Waals surface area (Å²) in [5.74, 6) is 1.71. The maximum Gasteiger partial charge on any atom is 1.00 e. The van der Waals surface area contributed by atoms with Crippen LogP contribution < -0.4 is 34.7 Å². The van der Waals surface area contributed by atoms with Gasteiger partial charge in [0, 0.05) is 0 Å². The van der Waals surface area contributed by atoms with Crippen LogP contribution in [0.3, 0.4) is 0 Å². The van der Waals surface area contributed by atoms with Crippen molar-refractivity contribution in [2.24, 2.45) is 17.8 Å². The summed E-state index contributed by atoms with van der Waals surface area (Å²) in [6.45, 7) is 6.54. The molecule has 1 nitrogen and oxygen atoms in total. The summed E-state index contributed by atoms with van der Waals surface area (Å²) < 4.78 is 0. The second-order valence-electron chi connectivity index (χ2n) is 4.36. The zero-order valence-corrected chi connectivity index (χ0v) is 10.8. The fourth-order valence-corrected chi connectivity index (χ4v) is 2.11. The number of rotatable bonds is 1. The van der Waals surface area contributed by atoms with Crippen LogP contribution in [0.15, 0.2) is 0 Å². The van der Waals surface area contributed by atoms with Crippen molar-refractivity contribution in [3.8, 4) is 0 Å². The SMILES string of the molecule is CC(C)[C@H]1CC[C@H](C)C[C@@H]1[O-].[Na+]. The predicted molar refractivity (Wildman–Crippen MR) is 45.1 cm³/mol. The van der Waals surface area contributed by atoms with E-state index in [0.29, 0.717) is 17.8 Å². The Kier molecular flexibility index (Phi) is 6.09. The van der Waals surface area contributed by atoms with Crippen LogP contribution in [0, 0.1) is 17.8 Å². The molecule has 0 aliphatic heterocycles. The summed E-state index contributed by atoms with van der Waals surface area (Å²) >= 11 is 0. The van der Waals surface area contributed by atoms with Crippen molar-refractivity contribution in [3.63, 3.8) is 0 Å². The number of hydrogen-bond acceptors (Lipinski definition) is 1. The van der Waals surface area contributed by atoms with Gasteiger partial charge in [0.05, 0.1) is 0 Å². The molecule has 0 aromatic carbocycles. The minimum atomic E-state index is -0.279. The van der Waals surface area contributed by atoms with Crippen molar-refractivity contribution in [3.05, 3.63) is 0 Å². The Morgan fingerprint density at radius 3 is 2.25 bits per heavy atom. The van der Waals surface area contributed by atoms with E-state index >= 15 is 0 Å². The first-order chi connectivity index (χ1) is 5.11. The van der Waals surface area contributed by atoms with E-state index < -0.39 is 0 Å². The average molecular weight is 178 g/mol. The molecule has 0 heterocycles. The molecule has 0 N–H and O–H groups in total. The van der Waals surface area contributed by atoms with E-state index in [-0.39, 0.29) is 35.7 Å². The molecule has 0 radical (unpaired) electrons. The van der Waals surface area contributed by atoms with E-state index in [4.69, 9.17) is 0 Å². The molecule has 2 heteroatoms. The maximum absolute atomic E-state index is 11.5. The van der Waals surface area contributed by atoms with E-state index in [1.165, 1.54) is 6.42 Å². The molecule has 12 heavy (non-hydrogen) atoms. The van der Waals surface area contributed by atoms with Crippen LogP contribution in [0.1, 0.15) is 40.0 Å². The summed E-state index contributed by atoms with van der Waals surface area (Å²) in [5.41, 5.74) is 0. The van der Waals surface area contributed by atoms with Crippen LogP contribution in [0.2, 0.25) is 0 Å². The van der Waals surface area contributed by atoms with Crippen LogP contribution in [0.25, 0.3) is 0 Å². The fraction of sp³-hybridized carbons (Fsp3) is 1.00. The van der Waals surface area contributed by atoms with Gasteiger partial charge in [-0.25, -0.2) is 0 Å². The smallest absolute Gasteiger partial charge is 0.852 e. The summed E-state index contributed by atoms with van der Waals surface area (Å²) in [6.07, 6.45) is 3.05. The van der Waals surface area contributed by atoms with Gasteiger partial charge in [-0.15, -0.1) is 6.10 Å². The van der Waals surface area contributed by atoms with Crippen LogP contribution in [0.5, 0.6) is 0 Å². The van der Waals surface area contributed by atoms with Gasteiger partial charge in [0.1, 0.15) is 0 Å². The second-order valence-corrected chi connectivity index (χ2v) is 4.36. The summed E-state index contributed by atoms with van der Waals surface area (Å²) in [6, 6.07) is 0. The van der Waals surface area contributed by atoms with Crippen LogP contribution in [-0.4, -0.2) is 6.10 Å². The standard InChI is InChI=1S/C10H19O.Na/c1-7(2)9-5-4-8(3)6-10(9)11;/h7-10H,4-6H2,1-3H3;/q-1;+1/t8-,9+,10-;/m0./s1. The van der Waals surface area contributed by atoms with Gasteiger partial charge in [0.15, 0.2) is 0 Å². The van der Waals surface area contributed by atoms with E-state index in [1.807, 2.05) is 0 Å². The topological polar surface area (TPSA) is 23.1 Å². The molecule has 66 valence electrons. The molecule has 0 spiro atoms. The van der Waals surface area contributed by atoms with E-state index in [1.54, 1.807) is 0 Å². The Hall–Kier alpha value is 0.960. The first-order valence-electron chi connectivity index (χ1n) is 4.77. The maximum atomic E-state index is 11.5. The third kappa shape index (κ3) is 3.37. The predicted octanol–water partition coefficient (Wildman–Crippen LogP) is -1.19. The zero-order valence-electron chi connectivity index (χ0n) is 8.84. The molecule has 0 bridgehead atoms. The molecule has 1 fully saturated rings. The Labute approximate surface area is 98.2 Å².